The zero-order valence-electron chi connectivity index (χ0n) is 14.5. The summed E-state index contributed by atoms with van der Waals surface area (Å²) >= 11 is 2.05. The fourth-order valence-electron chi connectivity index (χ4n) is 2.29. The van der Waals surface area contributed by atoms with Crippen LogP contribution in [0, 0.1) is 5.41 Å². The Hall–Kier alpha value is 0.127. The smallest absolute Gasteiger partial charge is 0.109 e. The van der Waals surface area contributed by atoms with Gasteiger partial charge in [-0.25, -0.2) is 0 Å². The van der Waals surface area contributed by atoms with Crippen molar-refractivity contribution in [2.24, 2.45) is 5.41 Å². The second-order valence-electron chi connectivity index (χ2n) is 7.73. The predicted molar refractivity (Wildman–Crippen MR) is 105 cm³/mol. The second-order valence-corrected chi connectivity index (χ2v) is 13.5. The normalized spacial score (nSPS) is 14.2. The van der Waals surface area contributed by atoms with Crippen LogP contribution in [0.1, 0.15) is 45.2 Å². The van der Waals surface area contributed by atoms with Gasteiger partial charge >= 0.3 is 0 Å². The first kappa shape index (κ1) is 19.2. The molecule has 0 spiro atoms. The molecule has 0 aliphatic carbocycles. The van der Waals surface area contributed by atoms with Gasteiger partial charge < -0.3 is 3.07 Å². The monoisotopic (exact) mass is 418 g/mol. The van der Waals surface area contributed by atoms with Crippen LogP contribution in [-0.4, -0.2) is 13.8 Å². The lowest BCUT2D eigenvalue weighted by atomic mass is 9.83. The molecular weight excluding hydrogens is 387 g/mol. The van der Waals surface area contributed by atoms with Gasteiger partial charge in [-0.05, 0) is 36.3 Å². The molecule has 1 aromatic rings. The number of halogens is 1. The molecule has 1 unspecified atom stereocenters. The number of rotatable bonds is 8. The molecule has 1 atom stereocenters. The summed E-state index contributed by atoms with van der Waals surface area (Å²) in [6.45, 7) is 14.0. The molecule has 1 aromatic carbocycles. The first-order chi connectivity index (χ1) is 9.70. The number of benzene rings is 1. The molecule has 0 heterocycles. The van der Waals surface area contributed by atoms with Crippen LogP contribution in [0.2, 0.25) is 19.1 Å². The average Bonchev–Trinajstić information content (AvgIpc) is 2.45. The maximum absolute atomic E-state index is 5.52. The van der Waals surface area contributed by atoms with E-state index in [9.17, 15) is 0 Å². The Morgan fingerprint density at radius 1 is 1.14 bits per heavy atom. The fraction of sp³-hybridized carbons (Fsp3) is 0.667. The predicted octanol–water partition coefficient (Wildman–Crippen LogP) is 6.21. The third kappa shape index (κ3) is 6.41. The maximum Gasteiger partial charge on any atom is 0.109 e. The molecule has 0 aromatic heterocycles. The summed E-state index contributed by atoms with van der Waals surface area (Å²) in [4.78, 5) is 0. The standard InChI is InChI=1S/C18H31IOSi/c1-7-18(3,4)14-17-10-8-16(9-11-17)12-13-21(5,6)15(2)20-19/h8-11,15H,7,12-14H2,1-6H3. The Balaban J connectivity index is 2.59. The van der Waals surface area contributed by atoms with Gasteiger partial charge in [0.05, 0.1) is 13.8 Å². The summed E-state index contributed by atoms with van der Waals surface area (Å²) in [7, 11) is -1.28. The lowest BCUT2D eigenvalue weighted by Gasteiger charge is -2.27. The van der Waals surface area contributed by atoms with Crippen molar-refractivity contribution in [1.82, 2.24) is 0 Å². The quantitative estimate of drug-likeness (QED) is 0.360. The Morgan fingerprint density at radius 2 is 1.67 bits per heavy atom. The van der Waals surface area contributed by atoms with Crippen molar-refractivity contribution in [3.8, 4) is 0 Å². The van der Waals surface area contributed by atoms with Crippen LogP contribution in [0.25, 0.3) is 0 Å². The van der Waals surface area contributed by atoms with Gasteiger partial charge in [-0.3, -0.25) is 0 Å². The van der Waals surface area contributed by atoms with Crippen molar-refractivity contribution in [1.29, 1.82) is 0 Å². The molecule has 0 radical (unpaired) electrons. The minimum Gasteiger partial charge on any atom is -0.316 e. The van der Waals surface area contributed by atoms with Gasteiger partial charge in [-0.1, -0.05) is 70.6 Å². The van der Waals surface area contributed by atoms with Crippen LogP contribution in [0.3, 0.4) is 0 Å². The van der Waals surface area contributed by atoms with Gasteiger partial charge in [0, 0.05) is 0 Å². The van der Waals surface area contributed by atoms with Crippen LogP contribution in [0.4, 0.5) is 0 Å². The van der Waals surface area contributed by atoms with Crippen LogP contribution < -0.4 is 0 Å². The molecule has 0 bridgehead atoms. The van der Waals surface area contributed by atoms with Gasteiger partial charge in [0.25, 0.3) is 0 Å². The maximum atomic E-state index is 5.52. The van der Waals surface area contributed by atoms with Gasteiger partial charge in [0.1, 0.15) is 23.0 Å². The molecule has 120 valence electrons. The van der Waals surface area contributed by atoms with E-state index in [2.05, 4.69) is 65.1 Å². The molecule has 0 amide bonds. The Bertz CT molecular complexity index is 425. The lowest BCUT2D eigenvalue weighted by Crippen LogP contribution is -2.40. The van der Waals surface area contributed by atoms with Crippen molar-refractivity contribution < 1.29 is 3.07 Å². The molecule has 1 nitrogen and oxygen atoms in total. The van der Waals surface area contributed by atoms with E-state index in [1.54, 1.807) is 0 Å². The highest BCUT2D eigenvalue weighted by molar-refractivity contribution is 14.1. The molecular formula is C18H31IOSi. The molecule has 0 N–H and O–H groups in total. The number of hydrogen-bond donors (Lipinski definition) is 0. The van der Waals surface area contributed by atoms with Crippen molar-refractivity contribution >= 4 is 31.1 Å². The molecule has 0 aliphatic heterocycles. The molecule has 21 heavy (non-hydrogen) atoms. The molecule has 0 aliphatic rings. The van der Waals surface area contributed by atoms with Gasteiger partial charge in [0.2, 0.25) is 0 Å². The third-order valence-electron chi connectivity index (χ3n) is 4.95. The summed E-state index contributed by atoms with van der Waals surface area (Å²) in [5, 5.41) is 0. The molecule has 0 saturated carbocycles. The summed E-state index contributed by atoms with van der Waals surface area (Å²) in [5.41, 5.74) is 3.76. The molecule has 3 heteroatoms. The van der Waals surface area contributed by atoms with E-state index in [0.29, 0.717) is 11.1 Å². The molecule has 0 fully saturated rings. The molecule has 1 rings (SSSR count). The zero-order chi connectivity index (χ0) is 16.1. The summed E-state index contributed by atoms with van der Waals surface area (Å²) < 4.78 is 5.52. The highest BCUT2D eigenvalue weighted by Crippen LogP contribution is 2.26. The fourth-order valence-corrected chi connectivity index (χ4v) is 5.94. The zero-order valence-corrected chi connectivity index (χ0v) is 17.7. The molecule has 0 saturated heterocycles. The highest BCUT2D eigenvalue weighted by atomic mass is 127. The van der Waals surface area contributed by atoms with Crippen LogP contribution in [-0.2, 0) is 15.9 Å². The van der Waals surface area contributed by atoms with E-state index < -0.39 is 8.07 Å². The minimum absolute atomic E-state index is 0.406. The summed E-state index contributed by atoms with van der Waals surface area (Å²) in [5.74, 6) is 0. The SMILES string of the molecule is CCC(C)(C)Cc1ccc(CC[Si](C)(C)C(C)OI)cc1. The first-order valence-corrected chi connectivity index (χ1v) is 12.2. The van der Waals surface area contributed by atoms with E-state index in [1.165, 1.54) is 36.4 Å². The van der Waals surface area contributed by atoms with Crippen molar-refractivity contribution in [3.63, 3.8) is 0 Å². The largest absolute Gasteiger partial charge is 0.316 e. The van der Waals surface area contributed by atoms with Crippen molar-refractivity contribution in [2.75, 3.05) is 0 Å². The third-order valence-corrected chi connectivity index (χ3v) is 10.1. The van der Waals surface area contributed by atoms with E-state index in [-0.39, 0.29) is 0 Å². The van der Waals surface area contributed by atoms with E-state index >= 15 is 0 Å². The second kappa shape index (κ2) is 8.11. The van der Waals surface area contributed by atoms with Gasteiger partial charge in [-0.15, -0.1) is 0 Å². The van der Waals surface area contributed by atoms with Gasteiger partial charge in [-0.2, -0.15) is 0 Å². The van der Waals surface area contributed by atoms with E-state index in [1.807, 2.05) is 23.0 Å². The van der Waals surface area contributed by atoms with Crippen molar-refractivity contribution in [2.45, 2.75) is 71.8 Å². The van der Waals surface area contributed by atoms with Crippen LogP contribution in [0.15, 0.2) is 24.3 Å². The van der Waals surface area contributed by atoms with E-state index in [0.717, 1.165) is 0 Å². The first-order valence-electron chi connectivity index (χ1n) is 8.05. The highest BCUT2D eigenvalue weighted by Gasteiger charge is 2.28. The number of hydrogen-bond acceptors (Lipinski definition) is 1. The number of aryl methyl sites for hydroxylation is 1. The average molecular weight is 418 g/mol. The van der Waals surface area contributed by atoms with Gasteiger partial charge in [0.15, 0.2) is 0 Å². The summed E-state index contributed by atoms with van der Waals surface area (Å²) in [6, 6.07) is 10.6. The lowest BCUT2D eigenvalue weighted by molar-refractivity contribution is 0.349. The topological polar surface area (TPSA) is 9.23 Å². The Labute approximate surface area is 146 Å². The van der Waals surface area contributed by atoms with Crippen LogP contribution >= 0.6 is 23.0 Å². The van der Waals surface area contributed by atoms with Crippen molar-refractivity contribution in [3.05, 3.63) is 35.4 Å². The summed E-state index contributed by atoms with van der Waals surface area (Å²) in [6.07, 6.45) is 3.58. The Morgan fingerprint density at radius 3 is 2.14 bits per heavy atom. The van der Waals surface area contributed by atoms with Crippen LogP contribution in [0.5, 0.6) is 0 Å². The Kier molecular flexibility index (Phi) is 7.41. The van der Waals surface area contributed by atoms with E-state index in [4.69, 9.17) is 3.07 Å². The minimum atomic E-state index is -1.28.